The van der Waals surface area contributed by atoms with Gasteiger partial charge < -0.3 is 20.1 Å². The monoisotopic (exact) mass is 843 g/mol. The molecule has 62 heavy (non-hydrogen) atoms. The second-order valence-corrected chi connectivity index (χ2v) is 17.1. The van der Waals surface area contributed by atoms with Crippen molar-refractivity contribution in [1.29, 1.82) is 0 Å². The van der Waals surface area contributed by atoms with Crippen LogP contribution in [0.15, 0.2) is 54.9 Å². The Kier molecular flexibility index (Phi) is 13.0. The van der Waals surface area contributed by atoms with Crippen LogP contribution in [-0.4, -0.2) is 80.9 Å². The van der Waals surface area contributed by atoms with Crippen LogP contribution in [-0.2, 0) is 36.8 Å². The van der Waals surface area contributed by atoms with E-state index in [9.17, 15) is 9.59 Å². The van der Waals surface area contributed by atoms with Gasteiger partial charge in [0, 0.05) is 98.3 Å². The van der Waals surface area contributed by atoms with Crippen LogP contribution in [0.2, 0.25) is 0 Å². The molecule has 2 aliphatic rings. The number of aromatic amines is 2. The summed E-state index contributed by atoms with van der Waals surface area (Å²) in [6.45, 7) is 5.21. The van der Waals surface area contributed by atoms with Gasteiger partial charge in [0.2, 0.25) is 0 Å². The number of ether oxygens (including phenoxy) is 2. The van der Waals surface area contributed by atoms with Gasteiger partial charge in [-0.3, -0.25) is 34.1 Å². The Bertz CT molecular complexity index is 2320. The number of aromatic nitrogens is 11. The molecule has 0 aromatic carbocycles. The highest BCUT2D eigenvalue weighted by atomic mass is 16.5. The lowest BCUT2D eigenvalue weighted by Gasteiger charge is -2.18. The molecule has 6 aromatic heterocycles. The number of hydrogen-bond acceptors (Lipinski definition) is 11. The van der Waals surface area contributed by atoms with Crippen LogP contribution in [0.3, 0.4) is 0 Å². The molecule has 2 fully saturated rings. The average molecular weight is 844 g/mol. The first kappa shape index (κ1) is 42.6. The number of nitrogens with zero attached hydrogens (tertiary/aromatic N) is 9. The van der Waals surface area contributed by atoms with E-state index in [4.69, 9.17) is 24.4 Å². The number of amides is 2. The quantitative estimate of drug-likeness (QED) is 0.0713. The zero-order valence-electron chi connectivity index (χ0n) is 36.4. The molecular weight excluding hydrogens is 787 g/mol. The molecule has 4 N–H and O–H groups in total. The highest BCUT2D eigenvalue weighted by Crippen LogP contribution is 2.44. The Labute approximate surface area is 361 Å². The molecule has 2 aliphatic carbocycles. The van der Waals surface area contributed by atoms with E-state index in [0.717, 1.165) is 85.5 Å². The van der Waals surface area contributed by atoms with Crippen LogP contribution < -0.4 is 10.6 Å². The maximum Gasteiger partial charge on any atom is 0.275 e. The number of methoxy groups -OCH3 is 2. The summed E-state index contributed by atoms with van der Waals surface area (Å²) in [5, 5.41) is 29.6. The van der Waals surface area contributed by atoms with Gasteiger partial charge in [-0.05, 0) is 93.5 Å². The molecule has 0 radical (unpaired) electrons. The molecule has 6 heterocycles. The van der Waals surface area contributed by atoms with Crippen LogP contribution in [0.1, 0.15) is 167 Å². The van der Waals surface area contributed by atoms with Gasteiger partial charge >= 0.3 is 0 Å². The molecule has 17 nitrogen and oxygen atoms in total. The van der Waals surface area contributed by atoms with Gasteiger partial charge in [-0.1, -0.05) is 19.9 Å². The van der Waals surface area contributed by atoms with Crippen molar-refractivity contribution in [3.05, 3.63) is 112 Å². The van der Waals surface area contributed by atoms with Crippen LogP contribution >= 0.6 is 0 Å². The fourth-order valence-electron chi connectivity index (χ4n) is 9.21. The Balaban J connectivity index is 0.810. The fourth-order valence-corrected chi connectivity index (χ4v) is 9.21. The minimum absolute atomic E-state index is 0.263. The van der Waals surface area contributed by atoms with E-state index in [2.05, 4.69) is 79.3 Å². The molecule has 0 aliphatic heterocycles. The van der Waals surface area contributed by atoms with E-state index in [1.54, 1.807) is 56.1 Å². The second-order valence-electron chi connectivity index (χ2n) is 17.1. The van der Waals surface area contributed by atoms with E-state index >= 15 is 0 Å². The van der Waals surface area contributed by atoms with E-state index in [1.165, 1.54) is 0 Å². The standard InChI is InChI=1S/C45H57N13O4/c1-26(34-8-7-9-35(48-34)28-12-14-30(16-28)38-21-42(53-51-38)49-44(59)40-18-32(23-61-5)55-57(40)3)10-11-27(2)36-20-37(47-25-46-36)29-13-15-31(17-29)39-22-43(54-52-39)50-45(60)41-19-33(24-62-6)56-58(41)4/h7-9,18-22,25-31H,10-17,23-24H2,1-6H3,(H2,49,51,53,59)(H2,50,52,54,60)/t26?,27?,28-,29-,30+,31-/m1/s1. The first-order chi connectivity index (χ1) is 30.0. The topological polar surface area (TPSA) is 208 Å². The molecular formula is C45H57N13O4. The third kappa shape index (κ3) is 9.68. The Morgan fingerprint density at radius 2 is 1.21 bits per heavy atom. The predicted molar refractivity (Wildman–Crippen MR) is 232 cm³/mol. The number of H-pyrrole nitrogens is 2. The Morgan fingerprint density at radius 1 is 0.694 bits per heavy atom. The van der Waals surface area contributed by atoms with Crippen molar-refractivity contribution in [1.82, 2.24) is 54.9 Å². The number of anilines is 2. The SMILES string of the molecule is COCc1cc(C(=O)Nc2cc([C@@H]3CC[C@@H](c4cc(C(C)CCC(C)c5cccc([C@@H]6CC[C@H](c7cc(NC(=O)c8cc(COC)nn8C)n[nH]7)C6)n5)ncn4)C3)[nH]n2)n(C)n1. The summed E-state index contributed by atoms with van der Waals surface area (Å²) in [7, 11) is 6.68. The van der Waals surface area contributed by atoms with Crippen molar-refractivity contribution in [2.45, 2.75) is 114 Å². The minimum Gasteiger partial charge on any atom is -0.378 e. The molecule has 2 unspecified atom stereocenters. The Morgan fingerprint density at radius 3 is 1.76 bits per heavy atom. The third-order valence-electron chi connectivity index (χ3n) is 12.7. The normalized spacial score (nSPS) is 19.8. The van der Waals surface area contributed by atoms with Gasteiger partial charge in [-0.25, -0.2) is 9.97 Å². The average Bonchev–Trinajstić information content (AvgIpc) is 4.13. The Hall–Kier alpha value is -6.07. The summed E-state index contributed by atoms with van der Waals surface area (Å²) >= 11 is 0. The van der Waals surface area contributed by atoms with Crippen molar-refractivity contribution < 1.29 is 19.1 Å². The van der Waals surface area contributed by atoms with Crippen molar-refractivity contribution in [3.8, 4) is 0 Å². The van der Waals surface area contributed by atoms with Gasteiger partial charge in [0.05, 0.1) is 24.6 Å². The van der Waals surface area contributed by atoms with Crippen LogP contribution in [0.25, 0.3) is 0 Å². The number of carbonyl (C=O) groups is 2. The zero-order chi connectivity index (χ0) is 43.3. The van der Waals surface area contributed by atoms with Crippen LogP contribution in [0, 0.1) is 0 Å². The lowest BCUT2D eigenvalue weighted by molar-refractivity contribution is 0.100. The van der Waals surface area contributed by atoms with E-state index < -0.39 is 0 Å². The van der Waals surface area contributed by atoms with E-state index in [0.29, 0.717) is 77.2 Å². The number of aryl methyl sites for hydroxylation is 2. The summed E-state index contributed by atoms with van der Waals surface area (Å²) in [6, 6.07) is 16.0. The minimum atomic E-state index is -0.267. The van der Waals surface area contributed by atoms with Gasteiger partial charge in [0.15, 0.2) is 11.6 Å². The summed E-state index contributed by atoms with van der Waals surface area (Å²) in [4.78, 5) is 40.6. The van der Waals surface area contributed by atoms with Crippen molar-refractivity contribution in [3.63, 3.8) is 0 Å². The molecule has 8 rings (SSSR count). The fraction of sp³-hybridized carbons (Fsp3) is 0.489. The summed E-state index contributed by atoms with van der Waals surface area (Å²) in [5.41, 5.74) is 8.77. The molecule has 326 valence electrons. The molecule has 0 spiro atoms. The van der Waals surface area contributed by atoms with Crippen LogP contribution in [0.4, 0.5) is 11.6 Å². The number of rotatable bonds is 17. The molecule has 6 aromatic rings. The predicted octanol–water partition coefficient (Wildman–Crippen LogP) is 7.37. The highest BCUT2D eigenvalue weighted by Gasteiger charge is 2.32. The smallest absolute Gasteiger partial charge is 0.275 e. The number of carbonyl (C=O) groups excluding carboxylic acids is 2. The van der Waals surface area contributed by atoms with Crippen molar-refractivity contribution >= 4 is 23.5 Å². The number of nitrogens with one attached hydrogen (secondary N) is 4. The van der Waals surface area contributed by atoms with E-state index in [1.807, 2.05) is 12.1 Å². The highest BCUT2D eigenvalue weighted by molar-refractivity contribution is 6.03. The number of hydrogen-bond donors (Lipinski definition) is 4. The lowest BCUT2D eigenvalue weighted by atomic mass is 9.91. The summed E-state index contributed by atoms with van der Waals surface area (Å²) in [5.74, 6) is 2.34. The largest absolute Gasteiger partial charge is 0.378 e. The zero-order valence-corrected chi connectivity index (χ0v) is 36.4. The third-order valence-corrected chi connectivity index (χ3v) is 12.7. The summed E-state index contributed by atoms with van der Waals surface area (Å²) < 4.78 is 13.4. The molecule has 2 amide bonds. The lowest BCUT2D eigenvalue weighted by Crippen LogP contribution is -2.16. The first-order valence-corrected chi connectivity index (χ1v) is 21.6. The molecule has 2 saturated carbocycles. The maximum absolute atomic E-state index is 12.9. The number of pyridine rings is 1. The van der Waals surface area contributed by atoms with Crippen molar-refractivity contribution in [2.24, 2.45) is 14.1 Å². The first-order valence-electron chi connectivity index (χ1n) is 21.6. The summed E-state index contributed by atoms with van der Waals surface area (Å²) in [6.07, 6.45) is 9.75. The van der Waals surface area contributed by atoms with Gasteiger partial charge in [-0.15, -0.1) is 0 Å². The molecule has 17 heteroatoms. The maximum atomic E-state index is 12.9. The van der Waals surface area contributed by atoms with Crippen LogP contribution in [0.5, 0.6) is 0 Å². The van der Waals surface area contributed by atoms with Gasteiger partial charge in [0.25, 0.3) is 11.8 Å². The molecule has 6 atom stereocenters. The van der Waals surface area contributed by atoms with Crippen molar-refractivity contribution in [2.75, 3.05) is 24.9 Å². The van der Waals surface area contributed by atoms with E-state index in [-0.39, 0.29) is 17.7 Å². The van der Waals surface area contributed by atoms with Gasteiger partial charge in [-0.2, -0.15) is 20.4 Å². The second kappa shape index (κ2) is 18.9. The molecule has 0 saturated heterocycles. The molecule has 0 bridgehead atoms. The van der Waals surface area contributed by atoms with Gasteiger partial charge in [0.1, 0.15) is 17.7 Å².